The van der Waals surface area contributed by atoms with Crippen LogP contribution in [-0.2, 0) is 0 Å². The minimum Gasteiger partial charge on any atom is -0.372 e. The van der Waals surface area contributed by atoms with E-state index in [2.05, 4.69) is 29.0 Å². The van der Waals surface area contributed by atoms with Crippen LogP contribution in [0.4, 0.5) is 11.4 Å². The Bertz CT molecular complexity index is 795. The highest BCUT2D eigenvalue weighted by atomic mass is 16.2. The van der Waals surface area contributed by atoms with E-state index >= 15 is 0 Å². The summed E-state index contributed by atoms with van der Waals surface area (Å²) in [5, 5.41) is 2.86. The van der Waals surface area contributed by atoms with Gasteiger partial charge in [-0.3, -0.25) is 14.6 Å². The molecule has 156 valence electrons. The van der Waals surface area contributed by atoms with Crippen molar-refractivity contribution in [2.45, 2.75) is 40.5 Å². The molecule has 0 aliphatic heterocycles. The van der Waals surface area contributed by atoms with Crippen LogP contribution in [0.1, 0.15) is 61.4 Å². The van der Waals surface area contributed by atoms with Crippen molar-refractivity contribution >= 4 is 23.2 Å². The highest BCUT2D eigenvalue weighted by Crippen LogP contribution is 2.18. The third-order valence-corrected chi connectivity index (χ3v) is 4.77. The Morgan fingerprint density at radius 2 is 1.55 bits per heavy atom. The van der Waals surface area contributed by atoms with Crippen LogP contribution in [0.25, 0.3) is 0 Å². The Labute approximate surface area is 173 Å². The van der Waals surface area contributed by atoms with E-state index < -0.39 is 0 Å². The molecule has 29 heavy (non-hydrogen) atoms. The number of carbonyl (C=O) groups is 2. The molecule has 1 aromatic heterocycles. The smallest absolute Gasteiger partial charge is 0.274 e. The van der Waals surface area contributed by atoms with Crippen LogP contribution in [0.2, 0.25) is 0 Å². The largest absolute Gasteiger partial charge is 0.372 e. The maximum atomic E-state index is 12.8. The number of rotatable bonds is 10. The summed E-state index contributed by atoms with van der Waals surface area (Å²) in [7, 11) is 0. The van der Waals surface area contributed by atoms with E-state index in [0.717, 1.165) is 31.6 Å². The van der Waals surface area contributed by atoms with Gasteiger partial charge in [-0.2, -0.15) is 0 Å². The summed E-state index contributed by atoms with van der Waals surface area (Å²) in [4.78, 5) is 33.6. The summed E-state index contributed by atoms with van der Waals surface area (Å²) in [6.45, 7) is 11.6. The molecule has 0 saturated heterocycles. The maximum Gasteiger partial charge on any atom is 0.274 e. The molecule has 0 radical (unpaired) electrons. The van der Waals surface area contributed by atoms with Gasteiger partial charge in [-0.1, -0.05) is 13.8 Å². The molecule has 0 atom stereocenters. The van der Waals surface area contributed by atoms with Crippen molar-refractivity contribution in [1.29, 1.82) is 0 Å². The normalized spacial score (nSPS) is 10.5. The molecule has 0 aliphatic carbocycles. The highest BCUT2D eigenvalue weighted by molar-refractivity contribution is 6.04. The van der Waals surface area contributed by atoms with Crippen LogP contribution in [0.15, 0.2) is 42.6 Å². The fourth-order valence-electron chi connectivity index (χ4n) is 3.26. The minimum atomic E-state index is -0.326. The zero-order chi connectivity index (χ0) is 21.2. The topological polar surface area (TPSA) is 65.5 Å². The van der Waals surface area contributed by atoms with Crippen molar-refractivity contribution in [2.75, 3.05) is 36.4 Å². The predicted molar refractivity (Wildman–Crippen MR) is 119 cm³/mol. The van der Waals surface area contributed by atoms with E-state index in [4.69, 9.17) is 0 Å². The SMILES string of the molecule is CCCN(CCC)C(=O)c1ccnc(C(=O)Nc2ccc(N(CC)CC)cc2)c1. The second kappa shape index (κ2) is 11.2. The number of anilines is 2. The van der Waals surface area contributed by atoms with Crippen molar-refractivity contribution in [1.82, 2.24) is 9.88 Å². The molecule has 1 aromatic carbocycles. The lowest BCUT2D eigenvalue weighted by atomic mass is 10.1. The summed E-state index contributed by atoms with van der Waals surface area (Å²) in [6.07, 6.45) is 3.31. The van der Waals surface area contributed by atoms with Gasteiger partial charge in [0.1, 0.15) is 5.69 Å². The van der Waals surface area contributed by atoms with Gasteiger partial charge in [0.15, 0.2) is 0 Å². The molecular formula is C23H32N4O2. The number of amides is 2. The summed E-state index contributed by atoms with van der Waals surface area (Å²) in [5.74, 6) is -0.388. The van der Waals surface area contributed by atoms with E-state index in [-0.39, 0.29) is 17.5 Å². The van der Waals surface area contributed by atoms with Gasteiger partial charge in [0, 0.05) is 49.3 Å². The van der Waals surface area contributed by atoms with Gasteiger partial charge >= 0.3 is 0 Å². The quantitative estimate of drug-likeness (QED) is 0.645. The lowest BCUT2D eigenvalue weighted by molar-refractivity contribution is 0.0755. The summed E-state index contributed by atoms with van der Waals surface area (Å²) in [6, 6.07) is 11.0. The third-order valence-electron chi connectivity index (χ3n) is 4.77. The van der Waals surface area contributed by atoms with Gasteiger partial charge in [-0.05, 0) is 63.1 Å². The molecule has 0 aliphatic rings. The number of nitrogens with zero attached hydrogens (tertiary/aromatic N) is 3. The predicted octanol–water partition coefficient (Wildman–Crippen LogP) is 4.44. The average Bonchev–Trinajstić information content (AvgIpc) is 2.75. The van der Waals surface area contributed by atoms with Crippen LogP contribution in [0.3, 0.4) is 0 Å². The summed E-state index contributed by atoms with van der Waals surface area (Å²) in [5.41, 5.74) is 2.54. The second-order valence-electron chi connectivity index (χ2n) is 6.90. The Balaban J connectivity index is 2.11. The summed E-state index contributed by atoms with van der Waals surface area (Å²) < 4.78 is 0. The van der Waals surface area contributed by atoms with Crippen molar-refractivity contribution in [3.63, 3.8) is 0 Å². The number of aromatic nitrogens is 1. The minimum absolute atomic E-state index is 0.0614. The van der Waals surface area contributed by atoms with Crippen molar-refractivity contribution in [2.24, 2.45) is 0 Å². The standard InChI is InChI=1S/C23H32N4O2/c1-5-15-27(16-6-2)23(29)18-13-14-24-21(17-18)22(28)25-19-9-11-20(12-10-19)26(7-3)8-4/h9-14,17H,5-8,15-16H2,1-4H3,(H,25,28). The highest BCUT2D eigenvalue weighted by Gasteiger charge is 2.17. The molecule has 1 N–H and O–H groups in total. The van der Waals surface area contributed by atoms with E-state index in [1.807, 2.05) is 43.0 Å². The Kier molecular flexibility index (Phi) is 8.65. The van der Waals surface area contributed by atoms with Crippen LogP contribution in [0, 0.1) is 0 Å². The Morgan fingerprint density at radius 1 is 0.931 bits per heavy atom. The van der Waals surface area contributed by atoms with Crippen LogP contribution in [0.5, 0.6) is 0 Å². The molecule has 0 spiro atoms. The first-order valence-corrected chi connectivity index (χ1v) is 10.5. The first-order valence-electron chi connectivity index (χ1n) is 10.5. The van der Waals surface area contributed by atoms with Gasteiger partial charge in [-0.15, -0.1) is 0 Å². The second-order valence-corrected chi connectivity index (χ2v) is 6.90. The molecule has 0 saturated carbocycles. The maximum absolute atomic E-state index is 12.8. The van der Waals surface area contributed by atoms with Gasteiger partial charge in [0.25, 0.3) is 11.8 Å². The van der Waals surface area contributed by atoms with Gasteiger partial charge in [-0.25, -0.2) is 0 Å². The van der Waals surface area contributed by atoms with E-state index in [1.165, 1.54) is 6.20 Å². The van der Waals surface area contributed by atoms with E-state index in [0.29, 0.717) is 24.3 Å². The summed E-state index contributed by atoms with van der Waals surface area (Å²) >= 11 is 0. The van der Waals surface area contributed by atoms with Gasteiger partial charge < -0.3 is 15.1 Å². The number of carbonyl (C=O) groups excluding carboxylic acids is 2. The first-order chi connectivity index (χ1) is 14.0. The number of hydrogen-bond acceptors (Lipinski definition) is 4. The van der Waals surface area contributed by atoms with Crippen LogP contribution < -0.4 is 10.2 Å². The van der Waals surface area contributed by atoms with Crippen LogP contribution in [-0.4, -0.2) is 47.9 Å². The fraction of sp³-hybridized carbons (Fsp3) is 0.435. The molecule has 1 heterocycles. The fourth-order valence-corrected chi connectivity index (χ4v) is 3.26. The van der Waals surface area contributed by atoms with Crippen molar-refractivity contribution in [3.05, 3.63) is 53.9 Å². The van der Waals surface area contributed by atoms with Gasteiger partial charge in [0.2, 0.25) is 0 Å². The van der Waals surface area contributed by atoms with Gasteiger partial charge in [0.05, 0.1) is 0 Å². The Hall–Kier alpha value is -2.89. The lowest BCUT2D eigenvalue weighted by Crippen LogP contribution is -2.32. The molecule has 0 fully saturated rings. The molecule has 6 heteroatoms. The lowest BCUT2D eigenvalue weighted by Gasteiger charge is -2.21. The molecule has 2 amide bonds. The molecule has 0 unspecified atom stereocenters. The number of nitrogens with one attached hydrogen (secondary N) is 1. The molecule has 2 aromatic rings. The molecule has 6 nitrogen and oxygen atoms in total. The zero-order valence-corrected chi connectivity index (χ0v) is 17.9. The molecule has 0 bridgehead atoms. The monoisotopic (exact) mass is 396 g/mol. The van der Waals surface area contributed by atoms with E-state index in [9.17, 15) is 9.59 Å². The zero-order valence-electron chi connectivity index (χ0n) is 17.9. The molecule has 2 rings (SSSR count). The third kappa shape index (κ3) is 6.04. The number of hydrogen-bond donors (Lipinski definition) is 1. The first kappa shape index (κ1) is 22.4. The Morgan fingerprint density at radius 3 is 2.10 bits per heavy atom. The van der Waals surface area contributed by atoms with Crippen molar-refractivity contribution < 1.29 is 9.59 Å². The van der Waals surface area contributed by atoms with Crippen molar-refractivity contribution in [3.8, 4) is 0 Å². The van der Waals surface area contributed by atoms with E-state index in [1.54, 1.807) is 12.1 Å². The average molecular weight is 397 g/mol. The number of pyridine rings is 1. The molecular weight excluding hydrogens is 364 g/mol. The van der Waals surface area contributed by atoms with Crippen LogP contribution >= 0.6 is 0 Å². The number of benzene rings is 1.